The van der Waals surface area contributed by atoms with Gasteiger partial charge in [-0.3, -0.25) is 9.69 Å². The van der Waals surface area contributed by atoms with Crippen molar-refractivity contribution in [1.29, 1.82) is 0 Å². The number of hydrogen-bond acceptors (Lipinski definition) is 5. The van der Waals surface area contributed by atoms with Crippen LogP contribution in [0.2, 0.25) is 0 Å². The first-order valence-electron chi connectivity index (χ1n) is 9.75. The quantitative estimate of drug-likeness (QED) is 0.365. The van der Waals surface area contributed by atoms with Crippen LogP contribution in [0.25, 0.3) is 0 Å². The molecule has 160 valence electrons. The van der Waals surface area contributed by atoms with Gasteiger partial charge in [0.2, 0.25) is 5.91 Å². The van der Waals surface area contributed by atoms with E-state index in [0.29, 0.717) is 12.5 Å². The molecule has 1 aliphatic heterocycles. The lowest BCUT2D eigenvalue weighted by atomic mass is 10.2. The van der Waals surface area contributed by atoms with Crippen LogP contribution in [-0.4, -0.2) is 82.2 Å². The Morgan fingerprint density at radius 2 is 2.00 bits per heavy atom. The smallest absolute Gasteiger partial charge is 0.243 e. The van der Waals surface area contributed by atoms with Crippen molar-refractivity contribution in [3.05, 3.63) is 36.4 Å². The number of methoxy groups -OCH3 is 2. The Morgan fingerprint density at radius 1 is 1.31 bits per heavy atom. The molecule has 1 amide bonds. The molecule has 2 N–H and O–H groups in total. The van der Waals surface area contributed by atoms with Crippen molar-refractivity contribution in [1.82, 2.24) is 20.4 Å². The van der Waals surface area contributed by atoms with Crippen LogP contribution < -0.4 is 20.1 Å². The van der Waals surface area contributed by atoms with E-state index in [1.54, 1.807) is 34.4 Å². The van der Waals surface area contributed by atoms with Gasteiger partial charge in [0.1, 0.15) is 18.0 Å². The highest BCUT2D eigenvalue weighted by Crippen LogP contribution is 2.24. The molecule has 29 heavy (non-hydrogen) atoms. The molecule has 2 rings (SSSR count). The van der Waals surface area contributed by atoms with E-state index >= 15 is 0 Å². The van der Waals surface area contributed by atoms with Crippen molar-refractivity contribution in [3.8, 4) is 11.5 Å². The van der Waals surface area contributed by atoms with Crippen molar-refractivity contribution >= 4 is 11.9 Å². The second-order valence-corrected chi connectivity index (χ2v) is 7.21. The Kier molecular flexibility index (Phi) is 8.79. The molecule has 0 saturated carbocycles. The average Bonchev–Trinajstić information content (AvgIpc) is 3.15. The minimum atomic E-state index is -0.0373. The summed E-state index contributed by atoms with van der Waals surface area (Å²) in [4.78, 5) is 20.1. The van der Waals surface area contributed by atoms with E-state index in [0.717, 1.165) is 43.1 Å². The van der Waals surface area contributed by atoms with Crippen molar-refractivity contribution in [2.24, 2.45) is 4.99 Å². The van der Waals surface area contributed by atoms with Gasteiger partial charge in [0, 0.05) is 52.4 Å². The highest BCUT2D eigenvalue weighted by Gasteiger charge is 2.23. The number of amides is 1. The molecule has 0 radical (unpaired) electrons. The van der Waals surface area contributed by atoms with E-state index in [2.05, 4.69) is 27.1 Å². The highest BCUT2D eigenvalue weighted by atomic mass is 16.5. The normalized spacial score (nSPS) is 17.0. The van der Waals surface area contributed by atoms with E-state index in [9.17, 15) is 4.79 Å². The van der Waals surface area contributed by atoms with Gasteiger partial charge in [-0.15, -0.1) is 6.58 Å². The summed E-state index contributed by atoms with van der Waals surface area (Å²) >= 11 is 0. The third-order valence-corrected chi connectivity index (χ3v) is 4.72. The lowest BCUT2D eigenvalue weighted by Gasteiger charge is -2.19. The summed E-state index contributed by atoms with van der Waals surface area (Å²) in [5, 5.41) is 6.62. The number of carbonyl (C=O) groups excluding carboxylic acids is 1. The van der Waals surface area contributed by atoms with E-state index in [1.165, 1.54) is 4.90 Å². The fourth-order valence-electron chi connectivity index (χ4n) is 3.11. The average molecular weight is 404 g/mol. The Labute approximate surface area is 173 Å². The van der Waals surface area contributed by atoms with Gasteiger partial charge in [0.05, 0.1) is 14.2 Å². The molecule has 1 heterocycles. The van der Waals surface area contributed by atoms with Crippen molar-refractivity contribution in [2.75, 3.05) is 54.5 Å². The second kappa shape index (κ2) is 11.3. The number of likely N-dealkylation sites (N-methyl/N-ethyl adjacent to an activating group) is 1. The molecule has 8 nitrogen and oxygen atoms in total. The Balaban J connectivity index is 1.95. The first-order chi connectivity index (χ1) is 13.9. The number of nitrogens with one attached hydrogen (secondary N) is 2. The van der Waals surface area contributed by atoms with Gasteiger partial charge < -0.3 is 25.0 Å². The Morgan fingerprint density at radius 3 is 2.59 bits per heavy atom. The zero-order valence-electron chi connectivity index (χ0n) is 17.9. The van der Waals surface area contributed by atoms with Gasteiger partial charge in [-0.25, -0.2) is 4.99 Å². The van der Waals surface area contributed by atoms with Gasteiger partial charge in [0.25, 0.3) is 0 Å². The zero-order valence-corrected chi connectivity index (χ0v) is 17.9. The monoisotopic (exact) mass is 403 g/mol. The van der Waals surface area contributed by atoms with Gasteiger partial charge >= 0.3 is 0 Å². The molecule has 1 atom stereocenters. The summed E-state index contributed by atoms with van der Waals surface area (Å²) in [5.41, 5.74) is 1.15. The summed E-state index contributed by atoms with van der Waals surface area (Å²) in [6, 6.07) is 6.21. The van der Waals surface area contributed by atoms with Gasteiger partial charge in [-0.2, -0.15) is 0 Å². The lowest BCUT2D eigenvalue weighted by Crippen LogP contribution is -2.45. The number of hydrogen-bond donors (Lipinski definition) is 2. The SMILES string of the molecule is C=CCNC(=NCC(=O)N(C)C)NC1CCN(Cc2cc(OC)cc(OC)c2)C1. The van der Waals surface area contributed by atoms with Crippen molar-refractivity contribution in [3.63, 3.8) is 0 Å². The molecular formula is C21H33N5O3. The lowest BCUT2D eigenvalue weighted by molar-refractivity contribution is -0.127. The minimum absolute atomic E-state index is 0.0373. The van der Waals surface area contributed by atoms with E-state index in [-0.39, 0.29) is 18.5 Å². The molecular weight excluding hydrogens is 370 g/mol. The third kappa shape index (κ3) is 7.30. The highest BCUT2D eigenvalue weighted by molar-refractivity contribution is 5.85. The molecule has 1 unspecified atom stereocenters. The molecule has 8 heteroatoms. The third-order valence-electron chi connectivity index (χ3n) is 4.72. The summed E-state index contributed by atoms with van der Waals surface area (Å²) < 4.78 is 10.7. The second-order valence-electron chi connectivity index (χ2n) is 7.21. The number of nitrogens with zero attached hydrogens (tertiary/aromatic N) is 3. The van der Waals surface area contributed by atoms with Gasteiger partial charge in [0.15, 0.2) is 5.96 Å². The molecule has 1 saturated heterocycles. The van der Waals surface area contributed by atoms with Crippen molar-refractivity contribution < 1.29 is 14.3 Å². The number of likely N-dealkylation sites (tertiary alicyclic amines) is 1. The Bertz CT molecular complexity index is 698. The van der Waals surface area contributed by atoms with E-state index in [1.807, 2.05) is 18.2 Å². The minimum Gasteiger partial charge on any atom is -0.497 e. The van der Waals surface area contributed by atoms with Crippen LogP contribution in [0.4, 0.5) is 0 Å². The number of benzene rings is 1. The van der Waals surface area contributed by atoms with Gasteiger partial charge in [-0.1, -0.05) is 6.08 Å². The van der Waals surface area contributed by atoms with Crippen LogP contribution in [0.15, 0.2) is 35.8 Å². The molecule has 0 bridgehead atoms. The molecule has 0 aliphatic carbocycles. The molecule has 1 aromatic carbocycles. The van der Waals surface area contributed by atoms with Crippen molar-refractivity contribution in [2.45, 2.75) is 19.0 Å². The zero-order chi connectivity index (χ0) is 21.2. The molecule has 1 aliphatic rings. The maximum atomic E-state index is 11.8. The summed E-state index contributed by atoms with van der Waals surface area (Å²) in [5.74, 6) is 2.18. The van der Waals surface area contributed by atoms with Crippen LogP contribution in [0.3, 0.4) is 0 Å². The molecule has 0 spiro atoms. The number of ether oxygens (including phenoxy) is 2. The fraction of sp³-hybridized carbons (Fsp3) is 0.524. The van der Waals surface area contributed by atoms with Crippen LogP contribution in [-0.2, 0) is 11.3 Å². The van der Waals surface area contributed by atoms with Crippen LogP contribution >= 0.6 is 0 Å². The van der Waals surface area contributed by atoms with Gasteiger partial charge in [-0.05, 0) is 24.1 Å². The standard InChI is InChI=1S/C21H33N5O3/c1-6-8-22-21(23-13-20(27)25(2)3)24-17-7-9-26(15-17)14-16-10-18(28-4)12-19(11-16)29-5/h6,10-12,17H,1,7-9,13-15H2,2-5H3,(H2,22,23,24). The van der Waals surface area contributed by atoms with Crippen LogP contribution in [0.1, 0.15) is 12.0 Å². The molecule has 1 fully saturated rings. The summed E-state index contributed by atoms with van der Waals surface area (Å²) in [6.07, 6.45) is 2.76. The Hall–Kier alpha value is -2.74. The van der Waals surface area contributed by atoms with E-state index in [4.69, 9.17) is 9.47 Å². The predicted octanol–water partition coefficient (Wildman–Crippen LogP) is 1.09. The first-order valence-corrected chi connectivity index (χ1v) is 9.75. The summed E-state index contributed by atoms with van der Waals surface area (Å²) in [7, 11) is 6.77. The maximum absolute atomic E-state index is 11.8. The summed E-state index contributed by atoms with van der Waals surface area (Å²) in [6.45, 7) is 7.10. The number of aliphatic imine (C=N–C) groups is 1. The maximum Gasteiger partial charge on any atom is 0.243 e. The van der Waals surface area contributed by atoms with E-state index < -0.39 is 0 Å². The number of rotatable bonds is 9. The van der Waals surface area contributed by atoms with Crippen LogP contribution in [0, 0.1) is 0 Å². The number of guanidine groups is 1. The van der Waals surface area contributed by atoms with Crippen LogP contribution in [0.5, 0.6) is 11.5 Å². The number of carbonyl (C=O) groups is 1. The predicted molar refractivity (Wildman–Crippen MR) is 116 cm³/mol. The topological polar surface area (TPSA) is 78.4 Å². The first kappa shape index (κ1) is 22.5. The fourth-order valence-corrected chi connectivity index (χ4v) is 3.11. The molecule has 1 aromatic rings. The largest absolute Gasteiger partial charge is 0.497 e. The molecule has 0 aromatic heterocycles.